The quantitative estimate of drug-likeness (QED) is 0.0726. The molecule has 0 aromatic carbocycles. The molecule has 44 heavy (non-hydrogen) atoms. The van der Waals surface area contributed by atoms with Gasteiger partial charge in [-0.3, -0.25) is 53.2 Å². The fraction of sp³-hybridized carbons (Fsp3) is 0.731. The van der Waals surface area contributed by atoms with Gasteiger partial charge in [0.25, 0.3) is 0 Å². The van der Waals surface area contributed by atoms with Crippen LogP contribution in [0.25, 0.3) is 0 Å². The minimum Gasteiger partial charge on any atom is -0.481 e. The molecule has 1 atom stereocenters. The second kappa shape index (κ2) is 20.9. The lowest BCUT2D eigenvalue weighted by Gasteiger charge is -2.32. The van der Waals surface area contributed by atoms with Gasteiger partial charge in [-0.15, -0.1) is 0 Å². The van der Waals surface area contributed by atoms with E-state index >= 15 is 0 Å². The highest BCUT2D eigenvalue weighted by Crippen LogP contribution is 2.04. The molecule has 1 aliphatic rings. The number of unbranched alkanes of at least 4 members (excludes halogenated alkanes) is 1. The molecule has 18 nitrogen and oxygen atoms in total. The SMILES string of the molecule is NC(=O)[C@H](CCCCNC(=O)CN1CCN(CC(=O)O)CCN(CC(=O)O)CCN(CC(=O)O)CC1)NC(=O)CCC(=O)O. The van der Waals surface area contributed by atoms with Gasteiger partial charge in [-0.2, -0.15) is 0 Å². The first-order valence-electron chi connectivity index (χ1n) is 14.4. The molecule has 1 fully saturated rings. The zero-order chi connectivity index (χ0) is 33.1. The van der Waals surface area contributed by atoms with Crippen molar-refractivity contribution in [1.29, 1.82) is 0 Å². The van der Waals surface area contributed by atoms with Crippen LogP contribution in [0.15, 0.2) is 0 Å². The van der Waals surface area contributed by atoms with Crippen LogP contribution in [0.1, 0.15) is 32.1 Å². The molecular formula is C26H45N7O11. The number of carbonyl (C=O) groups is 7. The third kappa shape index (κ3) is 18.6. The number of nitrogens with one attached hydrogen (secondary N) is 2. The Morgan fingerprint density at radius 3 is 1.34 bits per heavy atom. The van der Waals surface area contributed by atoms with Crippen LogP contribution in [-0.4, -0.2) is 173 Å². The number of primary amides is 1. The van der Waals surface area contributed by atoms with E-state index in [4.69, 9.17) is 10.8 Å². The largest absolute Gasteiger partial charge is 0.481 e. The number of hydrogen-bond donors (Lipinski definition) is 7. The molecular weight excluding hydrogens is 586 g/mol. The predicted molar refractivity (Wildman–Crippen MR) is 154 cm³/mol. The summed E-state index contributed by atoms with van der Waals surface area (Å²) in [6.45, 7) is 1.69. The number of carboxylic acids is 4. The van der Waals surface area contributed by atoms with Crippen molar-refractivity contribution in [1.82, 2.24) is 30.2 Å². The maximum absolute atomic E-state index is 12.7. The molecule has 3 amide bonds. The fourth-order valence-electron chi connectivity index (χ4n) is 4.52. The number of rotatable bonds is 18. The van der Waals surface area contributed by atoms with E-state index in [1.54, 1.807) is 19.6 Å². The molecule has 1 heterocycles. The van der Waals surface area contributed by atoms with Gasteiger partial charge in [-0.1, -0.05) is 0 Å². The van der Waals surface area contributed by atoms with Crippen molar-refractivity contribution in [2.24, 2.45) is 5.73 Å². The Kier molecular flexibility index (Phi) is 18.2. The molecule has 0 aliphatic carbocycles. The van der Waals surface area contributed by atoms with Crippen molar-refractivity contribution in [2.45, 2.75) is 38.1 Å². The van der Waals surface area contributed by atoms with Crippen LogP contribution in [0.2, 0.25) is 0 Å². The zero-order valence-electron chi connectivity index (χ0n) is 24.8. The Bertz CT molecular complexity index is 965. The molecule has 1 saturated heterocycles. The average molecular weight is 632 g/mol. The summed E-state index contributed by atoms with van der Waals surface area (Å²) >= 11 is 0. The van der Waals surface area contributed by atoms with Crippen LogP contribution >= 0.6 is 0 Å². The summed E-state index contributed by atoms with van der Waals surface area (Å²) in [5.41, 5.74) is 5.33. The van der Waals surface area contributed by atoms with Crippen LogP contribution < -0.4 is 16.4 Å². The molecule has 8 N–H and O–H groups in total. The van der Waals surface area contributed by atoms with Gasteiger partial charge in [0.2, 0.25) is 17.7 Å². The van der Waals surface area contributed by atoms with Crippen LogP contribution in [0.5, 0.6) is 0 Å². The topological polar surface area (TPSA) is 263 Å². The first kappa shape index (κ1) is 38.2. The standard InChI is InChI=1S/C26H45N7O11/c27-26(44)19(29-20(34)4-5-22(36)37)3-1-2-6-28-21(35)15-30-7-9-31(16-23(38)39)11-13-33(18-25(42)43)14-12-32(10-8-30)17-24(40)41/h19H,1-18H2,(H2,27,44)(H,28,35)(H,29,34)(H,36,37)(H,38,39)(H,40,41)(H,42,43)/t19-/m0/s1. The molecule has 1 rings (SSSR count). The van der Waals surface area contributed by atoms with Crippen LogP contribution in [0.3, 0.4) is 0 Å². The van der Waals surface area contributed by atoms with Gasteiger partial charge >= 0.3 is 23.9 Å². The number of carbonyl (C=O) groups excluding carboxylic acids is 3. The normalized spacial score (nSPS) is 17.0. The van der Waals surface area contributed by atoms with E-state index in [1.807, 2.05) is 0 Å². The monoisotopic (exact) mass is 631 g/mol. The average Bonchev–Trinajstić information content (AvgIpc) is 2.91. The Morgan fingerprint density at radius 1 is 0.568 bits per heavy atom. The minimum absolute atomic E-state index is 0.0312. The van der Waals surface area contributed by atoms with E-state index in [0.717, 1.165) is 0 Å². The highest BCUT2D eigenvalue weighted by atomic mass is 16.4. The van der Waals surface area contributed by atoms with Crippen molar-refractivity contribution in [2.75, 3.05) is 85.1 Å². The predicted octanol–water partition coefficient (Wildman–Crippen LogP) is -3.42. The number of aliphatic carboxylic acids is 4. The third-order valence-corrected chi connectivity index (χ3v) is 6.86. The highest BCUT2D eigenvalue weighted by Gasteiger charge is 2.22. The summed E-state index contributed by atoms with van der Waals surface area (Å²) in [6.07, 6.45) is 0.451. The molecule has 0 aromatic rings. The van der Waals surface area contributed by atoms with Gasteiger partial charge in [0.1, 0.15) is 6.04 Å². The van der Waals surface area contributed by atoms with Crippen LogP contribution in [0.4, 0.5) is 0 Å². The summed E-state index contributed by atoms with van der Waals surface area (Å²) in [6, 6.07) is -0.965. The van der Waals surface area contributed by atoms with Crippen molar-refractivity contribution < 1.29 is 54.0 Å². The first-order valence-corrected chi connectivity index (χ1v) is 14.4. The number of hydrogen-bond acceptors (Lipinski definition) is 11. The number of nitrogens with zero attached hydrogens (tertiary/aromatic N) is 4. The molecule has 0 bridgehead atoms. The Labute approximate surface area is 255 Å². The molecule has 0 aromatic heterocycles. The number of nitrogens with two attached hydrogens (primary N) is 1. The number of carboxylic acid groups (broad SMARTS) is 4. The Morgan fingerprint density at radius 2 is 0.977 bits per heavy atom. The zero-order valence-corrected chi connectivity index (χ0v) is 24.8. The highest BCUT2D eigenvalue weighted by molar-refractivity contribution is 5.87. The summed E-state index contributed by atoms with van der Waals surface area (Å²) < 4.78 is 0. The molecule has 0 saturated carbocycles. The third-order valence-electron chi connectivity index (χ3n) is 6.86. The smallest absolute Gasteiger partial charge is 0.317 e. The number of amides is 3. The van der Waals surface area contributed by atoms with E-state index in [9.17, 15) is 48.9 Å². The van der Waals surface area contributed by atoms with E-state index in [0.29, 0.717) is 25.9 Å². The van der Waals surface area contributed by atoms with Gasteiger partial charge in [-0.05, 0) is 19.3 Å². The Hall–Kier alpha value is -3.87. The van der Waals surface area contributed by atoms with Crippen molar-refractivity contribution >= 4 is 41.6 Å². The van der Waals surface area contributed by atoms with Gasteiger partial charge in [0, 0.05) is 65.3 Å². The lowest BCUT2D eigenvalue weighted by molar-refractivity contribution is -0.140. The van der Waals surface area contributed by atoms with Crippen LogP contribution in [-0.2, 0) is 33.6 Å². The maximum atomic E-state index is 12.7. The van der Waals surface area contributed by atoms with Crippen LogP contribution in [0, 0.1) is 0 Å². The summed E-state index contributed by atoms with van der Waals surface area (Å²) in [5.74, 6) is -5.94. The van der Waals surface area contributed by atoms with Crippen molar-refractivity contribution in [3.05, 3.63) is 0 Å². The van der Waals surface area contributed by atoms with Crippen molar-refractivity contribution in [3.63, 3.8) is 0 Å². The molecule has 0 spiro atoms. The molecule has 18 heteroatoms. The van der Waals surface area contributed by atoms with E-state index in [-0.39, 0.29) is 97.2 Å². The summed E-state index contributed by atoms with van der Waals surface area (Å²) in [5, 5.41) is 41.8. The minimum atomic E-state index is -1.14. The maximum Gasteiger partial charge on any atom is 0.317 e. The second-order valence-corrected chi connectivity index (χ2v) is 10.5. The van der Waals surface area contributed by atoms with Gasteiger partial charge in [0.15, 0.2) is 0 Å². The fourth-order valence-corrected chi connectivity index (χ4v) is 4.52. The lowest BCUT2D eigenvalue weighted by Crippen LogP contribution is -2.49. The summed E-state index contributed by atoms with van der Waals surface area (Å²) in [7, 11) is 0. The van der Waals surface area contributed by atoms with Crippen molar-refractivity contribution in [3.8, 4) is 0 Å². The second-order valence-electron chi connectivity index (χ2n) is 10.5. The van der Waals surface area contributed by atoms with E-state index < -0.39 is 41.7 Å². The van der Waals surface area contributed by atoms with E-state index in [2.05, 4.69) is 10.6 Å². The summed E-state index contributed by atoms with van der Waals surface area (Å²) in [4.78, 5) is 87.7. The molecule has 0 unspecified atom stereocenters. The Balaban J connectivity index is 2.70. The molecule has 0 radical (unpaired) electrons. The van der Waals surface area contributed by atoms with E-state index in [1.165, 1.54) is 0 Å². The molecule has 250 valence electrons. The van der Waals surface area contributed by atoms with Gasteiger partial charge < -0.3 is 36.8 Å². The molecule has 1 aliphatic heterocycles. The van der Waals surface area contributed by atoms with Gasteiger partial charge in [0.05, 0.1) is 32.6 Å². The lowest BCUT2D eigenvalue weighted by atomic mass is 10.1. The first-order chi connectivity index (χ1) is 20.7. The van der Waals surface area contributed by atoms with Gasteiger partial charge in [-0.25, -0.2) is 0 Å².